The number of aliphatic imine (C=N–C) groups is 1. The first-order valence-corrected chi connectivity index (χ1v) is 3.71. The lowest BCUT2D eigenvalue weighted by Gasteiger charge is -2.10. The minimum absolute atomic E-state index is 0.754. The molecular formula is C7H17N3. The molecule has 2 N–H and O–H groups in total. The molecule has 60 valence electrons. The van der Waals surface area contributed by atoms with Gasteiger partial charge < -0.3 is 10.6 Å². The van der Waals surface area contributed by atoms with Crippen molar-refractivity contribution in [1.29, 1.82) is 0 Å². The second-order valence-corrected chi connectivity index (χ2v) is 2.24. The van der Waals surface area contributed by atoms with Crippen LogP contribution in [0.3, 0.4) is 0 Å². The van der Waals surface area contributed by atoms with Crippen LogP contribution in [0.25, 0.3) is 0 Å². The van der Waals surface area contributed by atoms with E-state index in [4.69, 9.17) is 5.73 Å². The van der Waals surface area contributed by atoms with Gasteiger partial charge in [0.2, 0.25) is 0 Å². The molecule has 0 rings (SSSR count). The number of nitrogens with two attached hydrogens (primary N) is 1. The van der Waals surface area contributed by atoms with Gasteiger partial charge in [0.25, 0.3) is 0 Å². The fourth-order valence-corrected chi connectivity index (χ4v) is 0.619. The van der Waals surface area contributed by atoms with Gasteiger partial charge in [0.1, 0.15) is 0 Å². The zero-order valence-corrected chi connectivity index (χ0v) is 6.88. The maximum atomic E-state index is 5.33. The second-order valence-electron chi connectivity index (χ2n) is 2.24. The molecular weight excluding hydrogens is 126 g/mol. The number of rotatable bonds is 5. The van der Waals surface area contributed by atoms with E-state index in [1.807, 2.05) is 20.3 Å². The molecule has 0 aromatic carbocycles. The number of hydrogen-bond donors (Lipinski definition) is 1. The van der Waals surface area contributed by atoms with Crippen molar-refractivity contribution in [3.05, 3.63) is 0 Å². The summed E-state index contributed by atoms with van der Waals surface area (Å²) in [6.07, 6.45) is 2.89. The van der Waals surface area contributed by atoms with Gasteiger partial charge in [-0.25, -0.2) is 0 Å². The van der Waals surface area contributed by atoms with Crippen molar-refractivity contribution in [1.82, 2.24) is 4.90 Å². The van der Waals surface area contributed by atoms with E-state index >= 15 is 0 Å². The molecule has 0 saturated heterocycles. The van der Waals surface area contributed by atoms with Gasteiger partial charge in [-0.15, -0.1) is 0 Å². The molecule has 0 aliphatic heterocycles. The van der Waals surface area contributed by atoms with E-state index in [-0.39, 0.29) is 0 Å². The van der Waals surface area contributed by atoms with Crippen LogP contribution in [0.5, 0.6) is 0 Å². The van der Waals surface area contributed by atoms with Gasteiger partial charge in [-0.05, 0) is 19.9 Å². The Morgan fingerprint density at radius 3 is 2.80 bits per heavy atom. The molecule has 0 unspecified atom stereocenters. The highest BCUT2D eigenvalue weighted by atomic mass is 15.1. The lowest BCUT2D eigenvalue weighted by Crippen LogP contribution is -2.20. The van der Waals surface area contributed by atoms with Crippen molar-refractivity contribution in [3.63, 3.8) is 0 Å². The van der Waals surface area contributed by atoms with Crippen molar-refractivity contribution in [3.8, 4) is 0 Å². The van der Waals surface area contributed by atoms with E-state index in [0.717, 1.165) is 26.1 Å². The molecule has 0 aromatic rings. The van der Waals surface area contributed by atoms with Crippen molar-refractivity contribution in [2.24, 2.45) is 10.7 Å². The van der Waals surface area contributed by atoms with Gasteiger partial charge in [-0.1, -0.05) is 0 Å². The van der Waals surface area contributed by atoms with Crippen LogP contribution in [0.1, 0.15) is 13.3 Å². The predicted octanol–water partition coefficient (Wildman–Crippen LogP) is 0.315. The maximum absolute atomic E-state index is 5.33. The third kappa shape index (κ3) is 5.56. The Hall–Kier alpha value is -0.570. The first-order chi connectivity index (χ1) is 4.81. The first kappa shape index (κ1) is 9.43. The molecule has 0 aliphatic rings. The number of hydrogen-bond acceptors (Lipinski definition) is 2. The summed E-state index contributed by atoms with van der Waals surface area (Å²) < 4.78 is 0. The minimum Gasteiger partial charge on any atom is -0.366 e. The van der Waals surface area contributed by atoms with E-state index in [9.17, 15) is 0 Å². The number of nitrogens with zero attached hydrogens (tertiary/aromatic N) is 2. The first-order valence-electron chi connectivity index (χ1n) is 3.71. The summed E-state index contributed by atoms with van der Waals surface area (Å²) in [5, 5.41) is 0. The van der Waals surface area contributed by atoms with Crippen molar-refractivity contribution in [2.75, 3.05) is 26.7 Å². The minimum atomic E-state index is 0.754. The summed E-state index contributed by atoms with van der Waals surface area (Å²) in [5.74, 6) is 0. The largest absolute Gasteiger partial charge is 0.366 e. The fourth-order valence-electron chi connectivity index (χ4n) is 0.619. The highest BCUT2D eigenvalue weighted by Gasteiger charge is 1.87. The fraction of sp³-hybridized carbons (Fsp3) is 0.857. The van der Waals surface area contributed by atoms with Crippen LogP contribution in [0.4, 0.5) is 0 Å². The SMILES string of the molecule is CCN=CN(C)CCCN. The zero-order chi connectivity index (χ0) is 7.82. The summed E-state index contributed by atoms with van der Waals surface area (Å²) >= 11 is 0. The third-order valence-corrected chi connectivity index (χ3v) is 1.18. The van der Waals surface area contributed by atoms with Crippen LogP contribution >= 0.6 is 0 Å². The Bertz CT molecular complexity index is 90.9. The highest BCUT2D eigenvalue weighted by molar-refractivity contribution is 5.54. The maximum Gasteiger partial charge on any atom is 0.0847 e. The summed E-state index contributed by atoms with van der Waals surface area (Å²) in [6.45, 7) is 4.63. The molecule has 0 aliphatic carbocycles. The Labute approximate surface area is 62.9 Å². The molecule has 0 heterocycles. The average molecular weight is 143 g/mol. The van der Waals surface area contributed by atoms with Gasteiger partial charge in [-0.2, -0.15) is 0 Å². The van der Waals surface area contributed by atoms with E-state index in [1.54, 1.807) is 0 Å². The Morgan fingerprint density at radius 2 is 2.30 bits per heavy atom. The van der Waals surface area contributed by atoms with Crippen LogP contribution in [0.15, 0.2) is 4.99 Å². The van der Waals surface area contributed by atoms with Crippen molar-refractivity contribution < 1.29 is 0 Å². The van der Waals surface area contributed by atoms with Gasteiger partial charge >= 0.3 is 0 Å². The standard InChI is InChI=1S/C7H17N3/c1-3-9-7-10(2)6-4-5-8/h7H,3-6,8H2,1-2H3. The van der Waals surface area contributed by atoms with Crippen molar-refractivity contribution in [2.45, 2.75) is 13.3 Å². The highest BCUT2D eigenvalue weighted by Crippen LogP contribution is 1.80. The summed E-state index contributed by atoms with van der Waals surface area (Å²) in [6, 6.07) is 0. The second kappa shape index (κ2) is 6.55. The predicted molar refractivity (Wildman–Crippen MR) is 45.3 cm³/mol. The van der Waals surface area contributed by atoms with Crippen molar-refractivity contribution >= 4 is 6.34 Å². The summed E-state index contributed by atoms with van der Waals surface area (Å²) in [7, 11) is 2.01. The molecule has 0 bridgehead atoms. The van der Waals surface area contributed by atoms with Crippen LogP contribution in [0.2, 0.25) is 0 Å². The molecule has 0 fully saturated rings. The van der Waals surface area contributed by atoms with E-state index in [1.165, 1.54) is 0 Å². The molecule has 0 aromatic heterocycles. The average Bonchev–Trinajstić information content (AvgIpc) is 1.97. The molecule has 0 spiro atoms. The quantitative estimate of drug-likeness (QED) is 0.444. The smallest absolute Gasteiger partial charge is 0.0847 e. The Kier molecular flexibility index (Phi) is 6.18. The van der Waals surface area contributed by atoms with E-state index in [0.29, 0.717) is 0 Å². The van der Waals surface area contributed by atoms with Gasteiger partial charge in [0, 0.05) is 20.1 Å². The Balaban J connectivity index is 3.24. The lowest BCUT2D eigenvalue weighted by molar-refractivity contribution is 0.504. The van der Waals surface area contributed by atoms with Gasteiger partial charge in [0.15, 0.2) is 0 Å². The van der Waals surface area contributed by atoms with Crippen LogP contribution in [-0.4, -0.2) is 37.9 Å². The summed E-state index contributed by atoms with van der Waals surface area (Å²) in [4.78, 5) is 6.14. The van der Waals surface area contributed by atoms with Gasteiger partial charge in [-0.3, -0.25) is 4.99 Å². The molecule has 0 amide bonds. The third-order valence-electron chi connectivity index (χ3n) is 1.18. The van der Waals surface area contributed by atoms with Gasteiger partial charge in [0.05, 0.1) is 6.34 Å². The Morgan fingerprint density at radius 1 is 1.60 bits per heavy atom. The van der Waals surface area contributed by atoms with E-state index < -0.39 is 0 Å². The molecule has 0 atom stereocenters. The zero-order valence-electron chi connectivity index (χ0n) is 6.88. The lowest BCUT2D eigenvalue weighted by atomic mass is 10.4. The summed E-state index contributed by atoms with van der Waals surface area (Å²) in [5.41, 5.74) is 5.33. The topological polar surface area (TPSA) is 41.6 Å². The monoisotopic (exact) mass is 143 g/mol. The molecule has 0 radical (unpaired) electrons. The molecule has 3 heteroatoms. The van der Waals surface area contributed by atoms with E-state index in [2.05, 4.69) is 9.89 Å². The van der Waals surface area contributed by atoms with Crippen LogP contribution in [0, 0.1) is 0 Å². The normalized spacial score (nSPS) is 10.7. The molecule has 3 nitrogen and oxygen atoms in total. The van der Waals surface area contributed by atoms with Crippen LogP contribution in [-0.2, 0) is 0 Å². The molecule has 10 heavy (non-hydrogen) atoms. The van der Waals surface area contributed by atoms with Crippen LogP contribution < -0.4 is 5.73 Å². The molecule has 0 saturated carbocycles.